The number of halogens is 2. The van der Waals surface area contributed by atoms with Crippen LogP contribution in [-0.4, -0.2) is 29.1 Å². The summed E-state index contributed by atoms with van der Waals surface area (Å²) in [4.78, 5) is 13.4. The van der Waals surface area contributed by atoms with E-state index in [4.69, 9.17) is 0 Å². The van der Waals surface area contributed by atoms with E-state index >= 15 is 0 Å². The van der Waals surface area contributed by atoms with Gasteiger partial charge in [-0.2, -0.15) is 0 Å². The van der Waals surface area contributed by atoms with Gasteiger partial charge in [-0.25, -0.2) is 0 Å². The van der Waals surface area contributed by atoms with E-state index in [1.807, 2.05) is 29.2 Å². The molecule has 0 spiro atoms. The fourth-order valence-corrected chi connectivity index (χ4v) is 2.60. The highest BCUT2D eigenvalue weighted by atomic mass is 79.9. The molecule has 0 amide bonds. The third-order valence-corrected chi connectivity index (χ3v) is 3.40. The maximum absolute atomic E-state index is 11.3. The van der Waals surface area contributed by atoms with Crippen molar-refractivity contribution in [2.45, 2.75) is 18.9 Å². The lowest BCUT2D eigenvalue weighted by atomic mass is 10.1. The van der Waals surface area contributed by atoms with E-state index in [-0.39, 0.29) is 12.4 Å². The highest BCUT2D eigenvalue weighted by molar-refractivity contribution is 9.10. The van der Waals surface area contributed by atoms with Crippen LogP contribution in [0.15, 0.2) is 28.7 Å². The van der Waals surface area contributed by atoms with Crippen molar-refractivity contribution in [3.05, 3.63) is 34.3 Å². The van der Waals surface area contributed by atoms with E-state index in [2.05, 4.69) is 15.9 Å². The zero-order valence-electron chi connectivity index (χ0n) is 9.30. The molecule has 1 N–H and O–H groups in total. The van der Waals surface area contributed by atoms with Crippen LogP contribution in [0.25, 0.3) is 0 Å². The first-order chi connectivity index (χ1) is 7.68. The predicted molar refractivity (Wildman–Crippen MR) is 72.6 cm³/mol. The molecule has 1 fully saturated rings. The monoisotopic (exact) mass is 319 g/mol. The van der Waals surface area contributed by atoms with Crippen LogP contribution >= 0.6 is 28.3 Å². The molecule has 5 heteroatoms. The van der Waals surface area contributed by atoms with E-state index in [0.29, 0.717) is 0 Å². The second-order valence-corrected chi connectivity index (χ2v) is 4.95. The first-order valence-corrected chi connectivity index (χ1v) is 6.20. The van der Waals surface area contributed by atoms with Gasteiger partial charge >= 0.3 is 5.97 Å². The number of nitrogens with zero attached hydrogens (tertiary/aromatic N) is 1. The van der Waals surface area contributed by atoms with Crippen LogP contribution in [0.4, 0.5) is 0 Å². The minimum atomic E-state index is -0.764. The molecule has 0 aromatic heterocycles. The van der Waals surface area contributed by atoms with Gasteiger partial charge in [0.05, 0.1) is 0 Å². The van der Waals surface area contributed by atoms with Crippen LogP contribution in [0.5, 0.6) is 0 Å². The number of likely N-dealkylation sites (tertiary alicyclic amines) is 1. The molecule has 1 atom stereocenters. The first kappa shape index (κ1) is 14.5. The molecular formula is C12H15BrClNO2. The van der Waals surface area contributed by atoms with Crippen molar-refractivity contribution in [2.24, 2.45) is 0 Å². The molecule has 1 aliphatic rings. The number of carboxylic acid groups (broad SMARTS) is 1. The molecule has 0 radical (unpaired) electrons. The van der Waals surface area contributed by atoms with E-state index in [1.165, 1.54) is 0 Å². The largest absolute Gasteiger partial charge is 0.480 e. The van der Waals surface area contributed by atoms with Crippen molar-refractivity contribution < 1.29 is 9.90 Å². The molecule has 0 saturated carbocycles. The standard InChI is InChI=1S/C12H14BrNO2.ClH/c13-10-5-3-4-9(8-10)11(12(15)16)14-6-1-2-7-14;/h3-5,8,11H,1-2,6-7H2,(H,15,16);1H. The molecule has 1 aliphatic heterocycles. The van der Waals surface area contributed by atoms with Gasteiger partial charge in [0.25, 0.3) is 0 Å². The molecule has 1 aromatic carbocycles. The van der Waals surface area contributed by atoms with Gasteiger partial charge in [0.15, 0.2) is 0 Å². The number of carboxylic acids is 1. The number of hydrogen-bond acceptors (Lipinski definition) is 2. The normalized spacial score (nSPS) is 17.5. The second kappa shape index (κ2) is 6.38. The van der Waals surface area contributed by atoms with E-state index in [1.54, 1.807) is 0 Å². The maximum Gasteiger partial charge on any atom is 0.325 e. The van der Waals surface area contributed by atoms with Crippen LogP contribution in [-0.2, 0) is 4.79 Å². The Kier molecular flexibility index (Phi) is 5.43. The minimum Gasteiger partial charge on any atom is -0.480 e. The Bertz CT molecular complexity index is 394. The lowest BCUT2D eigenvalue weighted by molar-refractivity contribution is -0.143. The van der Waals surface area contributed by atoms with Gasteiger partial charge < -0.3 is 5.11 Å². The SMILES string of the molecule is Cl.O=C(O)C(c1cccc(Br)c1)N1CCCC1. The molecule has 0 aliphatic carbocycles. The zero-order chi connectivity index (χ0) is 11.5. The summed E-state index contributed by atoms with van der Waals surface area (Å²) in [7, 11) is 0. The van der Waals surface area contributed by atoms with Crippen molar-refractivity contribution in [2.75, 3.05) is 13.1 Å². The number of carbonyl (C=O) groups is 1. The Morgan fingerprint density at radius 3 is 2.53 bits per heavy atom. The van der Waals surface area contributed by atoms with E-state index < -0.39 is 12.0 Å². The van der Waals surface area contributed by atoms with Gasteiger partial charge in [-0.1, -0.05) is 28.1 Å². The number of hydrogen-bond donors (Lipinski definition) is 1. The first-order valence-electron chi connectivity index (χ1n) is 5.41. The van der Waals surface area contributed by atoms with Crippen LogP contribution in [0.2, 0.25) is 0 Å². The average molecular weight is 321 g/mol. The Morgan fingerprint density at radius 1 is 1.35 bits per heavy atom. The summed E-state index contributed by atoms with van der Waals surface area (Å²) in [5.41, 5.74) is 0.851. The predicted octanol–water partition coefficient (Wildman–Crippen LogP) is 3.09. The van der Waals surface area contributed by atoms with E-state index in [0.717, 1.165) is 36.0 Å². The Labute approximate surface area is 115 Å². The molecule has 1 heterocycles. The molecule has 1 aromatic rings. The summed E-state index contributed by atoms with van der Waals surface area (Å²) in [6.07, 6.45) is 2.19. The quantitative estimate of drug-likeness (QED) is 0.930. The van der Waals surface area contributed by atoms with Crippen molar-refractivity contribution in [1.29, 1.82) is 0 Å². The van der Waals surface area contributed by atoms with Gasteiger partial charge in [-0.15, -0.1) is 12.4 Å². The lowest BCUT2D eigenvalue weighted by Gasteiger charge is -2.24. The fourth-order valence-electron chi connectivity index (χ4n) is 2.19. The molecule has 1 saturated heterocycles. The highest BCUT2D eigenvalue weighted by Crippen LogP contribution is 2.27. The molecule has 94 valence electrons. The third-order valence-electron chi connectivity index (χ3n) is 2.90. The van der Waals surface area contributed by atoms with Crippen LogP contribution in [0, 0.1) is 0 Å². The van der Waals surface area contributed by atoms with Crippen molar-refractivity contribution >= 4 is 34.3 Å². The van der Waals surface area contributed by atoms with Gasteiger partial charge in [-0.05, 0) is 43.6 Å². The highest BCUT2D eigenvalue weighted by Gasteiger charge is 2.29. The number of aliphatic carboxylic acids is 1. The molecule has 17 heavy (non-hydrogen) atoms. The number of rotatable bonds is 3. The molecule has 2 rings (SSSR count). The lowest BCUT2D eigenvalue weighted by Crippen LogP contribution is -2.31. The van der Waals surface area contributed by atoms with Crippen molar-refractivity contribution in [3.63, 3.8) is 0 Å². The van der Waals surface area contributed by atoms with Gasteiger partial charge in [0, 0.05) is 4.47 Å². The minimum absolute atomic E-state index is 0. The zero-order valence-corrected chi connectivity index (χ0v) is 11.7. The van der Waals surface area contributed by atoms with Crippen LogP contribution in [0.1, 0.15) is 24.4 Å². The second-order valence-electron chi connectivity index (χ2n) is 4.04. The number of benzene rings is 1. The Hall–Kier alpha value is -0.580. The topological polar surface area (TPSA) is 40.5 Å². The van der Waals surface area contributed by atoms with Crippen LogP contribution < -0.4 is 0 Å². The summed E-state index contributed by atoms with van der Waals surface area (Å²) in [5.74, 6) is -0.764. The Balaban J connectivity index is 0.00000144. The van der Waals surface area contributed by atoms with Crippen molar-refractivity contribution in [3.8, 4) is 0 Å². The van der Waals surface area contributed by atoms with Gasteiger partial charge in [-0.3, -0.25) is 9.69 Å². The summed E-state index contributed by atoms with van der Waals surface area (Å²) in [6, 6.07) is 7.05. The summed E-state index contributed by atoms with van der Waals surface area (Å²) < 4.78 is 0.926. The summed E-state index contributed by atoms with van der Waals surface area (Å²) in [5, 5.41) is 9.32. The summed E-state index contributed by atoms with van der Waals surface area (Å²) >= 11 is 3.38. The van der Waals surface area contributed by atoms with E-state index in [9.17, 15) is 9.90 Å². The third kappa shape index (κ3) is 3.44. The van der Waals surface area contributed by atoms with Crippen LogP contribution in [0.3, 0.4) is 0 Å². The summed E-state index contributed by atoms with van der Waals surface area (Å²) in [6.45, 7) is 1.76. The average Bonchev–Trinajstić information content (AvgIpc) is 2.71. The molecular weight excluding hydrogens is 305 g/mol. The van der Waals surface area contributed by atoms with Gasteiger partial charge in [0.1, 0.15) is 6.04 Å². The smallest absolute Gasteiger partial charge is 0.325 e. The van der Waals surface area contributed by atoms with Gasteiger partial charge in [0.2, 0.25) is 0 Å². The molecule has 3 nitrogen and oxygen atoms in total. The Morgan fingerprint density at radius 2 is 2.00 bits per heavy atom. The van der Waals surface area contributed by atoms with Crippen molar-refractivity contribution in [1.82, 2.24) is 4.90 Å². The maximum atomic E-state index is 11.3. The molecule has 0 bridgehead atoms. The molecule has 1 unspecified atom stereocenters. The fraction of sp³-hybridized carbons (Fsp3) is 0.417.